The fourth-order valence-corrected chi connectivity index (χ4v) is 3.51. The predicted molar refractivity (Wildman–Crippen MR) is 89.7 cm³/mol. The lowest BCUT2D eigenvalue weighted by Crippen LogP contribution is -2.49. The van der Waals surface area contributed by atoms with E-state index in [0.717, 1.165) is 34.2 Å². The molecule has 3 rings (SSSR count). The molecule has 22 heavy (non-hydrogen) atoms. The van der Waals surface area contributed by atoms with Crippen LogP contribution in [0, 0.1) is 18.8 Å². The number of aryl methyl sites for hydroxylation is 1. The number of carbonyl (C=O) groups excluding carboxylic acids is 1. The van der Waals surface area contributed by atoms with E-state index in [4.69, 9.17) is 0 Å². The molecule has 4 nitrogen and oxygen atoms in total. The van der Waals surface area contributed by atoms with Gasteiger partial charge in [-0.15, -0.1) is 11.3 Å². The zero-order valence-corrected chi connectivity index (χ0v) is 13.7. The van der Waals surface area contributed by atoms with Gasteiger partial charge in [0.15, 0.2) is 0 Å². The van der Waals surface area contributed by atoms with Crippen molar-refractivity contribution >= 4 is 17.2 Å². The lowest BCUT2D eigenvalue weighted by molar-refractivity contribution is -0.126. The molecule has 2 aromatic rings. The molecule has 0 bridgehead atoms. The molecule has 116 valence electrons. The molecule has 1 fully saturated rings. The van der Waals surface area contributed by atoms with Gasteiger partial charge in [-0.2, -0.15) is 0 Å². The summed E-state index contributed by atoms with van der Waals surface area (Å²) in [5.74, 6) is 0.686. The third kappa shape index (κ3) is 3.20. The number of amides is 1. The Kier molecular flexibility index (Phi) is 4.55. The maximum absolute atomic E-state index is 12.2. The summed E-state index contributed by atoms with van der Waals surface area (Å²) in [4.78, 5) is 17.9. The number of hydrogen-bond donors (Lipinski definition) is 2. The van der Waals surface area contributed by atoms with Crippen LogP contribution in [0.4, 0.5) is 0 Å². The molecule has 2 heterocycles. The highest BCUT2D eigenvalue weighted by atomic mass is 32.1. The van der Waals surface area contributed by atoms with Crippen LogP contribution in [-0.2, 0) is 11.3 Å². The van der Waals surface area contributed by atoms with Crippen molar-refractivity contribution in [3.8, 4) is 10.6 Å². The number of hydrogen-bond acceptors (Lipinski definition) is 4. The first kappa shape index (κ1) is 15.2. The van der Waals surface area contributed by atoms with E-state index in [2.05, 4.69) is 27.8 Å². The van der Waals surface area contributed by atoms with Crippen molar-refractivity contribution in [2.24, 2.45) is 11.8 Å². The van der Waals surface area contributed by atoms with E-state index in [9.17, 15) is 4.79 Å². The molecule has 1 aliphatic rings. The average Bonchev–Trinajstić information content (AvgIpc) is 2.85. The molecule has 1 saturated heterocycles. The molecular formula is C17H21N3OS. The van der Waals surface area contributed by atoms with Crippen molar-refractivity contribution in [1.82, 2.24) is 15.6 Å². The molecule has 1 unspecified atom stereocenters. The molecule has 0 spiro atoms. The van der Waals surface area contributed by atoms with Crippen LogP contribution in [0.15, 0.2) is 30.3 Å². The second-order valence-electron chi connectivity index (χ2n) is 5.82. The fraction of sp³-hybridized carbons (Fsp3) is 0.412. The first-order valence-electron chi connectivity index (χ1n) is 7.65. The van der Waals surface area contributed by atoms with Gasteiger partial charge in [-0.3, -0.25) is 4.79 Å². The average molecular weight is 315 g/mol. The zero-order chi connectivity index (χ0) is 15.5. The van der Waals surface area contributed by atoms with Crippen molar-refractivity contribution < 1.29 is 4.79 Å². The lowest BCUT2D eigenvalue weighted by atomic mass is 9.88. The Balaban J connectivity index is 1.63. The van der Waals surface area contributed by atoms with Gasteiger partial charge in [-0.05, 0) is 25.9 Å². The number of aromatic nitrogens is 1. The quantitative estimate of drug-likeness (QED) is 0.892. The van der Waals surface area contributed by atoms with Crippen molar-refractivity contribution in [2.45, 2.75) is 20.4 Å². The van der Waals surface area contributed by atoms with Crippen LogP contribution < -0.4 is 10.6 Å². The van der Waals surface area contributed by atoms with E-state index in [1.165, 1.54) is 0 Å². The summed E-state index contributed by atoms with van der Waals surface area (Å²) in [6.07, 6.45) is 0. The van der Waals surface area contributed by atoms with Crippen molar-refractivity contribution in [2.75, 3.05) is 13.1 Å². The van der Waals surface area contributed by atoms with Gasteiger partial charge >= 0.3 is 0 Å². The number of thiazole rings is 1. The van der Waals surface area contributed by atoms with Crippen molar-refractivity contribution in [3.05, 3.63) is 40.9 Å². The van der Waals surface area contributed by atoms with Crippen molar-refractivity contribution in [1.29, 1.82) is 0 Å². The summed E-state index contributed by atoms with van der Waals surface area (Å²) in [5.41, 5.74) is 2.13. The summed E-state index contributed by atoms with van der Waals surface area (Å²) in [6.45, 7) is 6.48. The topological polar surface area (TPSA) is 54.0 Å². The SMILES string of the molecule is Cc1nc(-c2ccccc2)sc1CNC(=O)C(C)C1CNC1. The highest BCUT2D eigenvalue weighted by molar-refractivity contribution is 7.15. The minimum absolute atomic E-state index is 0.0723. The summed E-state index contributed by atoms with van der Waals surface area (Å²) in [5, 5.41) is 7.28. The number of benzene rings is 1. The number of rotatable bonds is 5. The Bertz CT molecular complexity index is 649. The highest BCUT2D eigenvalue weighted by Crippen LogP contribution is 2.27. The van der Waals surface area contributed by atoms with Gasteiger partial charge in [-0.1, -0.05) is 37.3 Å². The summed E-state index contributed by atoms with van der Waals surface area (Å²) < 4.78 is 0. The Morgan fingerprint density at radius 3 is 2.77 bits per heavy atom. The Morgan fingerprint density at radius 1 is 1.41 bits per heavy atom. The number of nitrogens with zero attached hydrogens (tertiary/aromatic N) is 1. The van der Waals surface area contributed by atoms with Crippen LogP contribution in [0.25, 0.3) is 10.6 Å². The van der Waals surface area contributed by atoms with E-state index in [1.54, 1.807) is 11.3 Å². The third-order valence-electron chi connectivity index (χ3n) is 4.27. The van der Waals surface area contributed by atoms with Crippen LogP contribution in [0.5, 0.6) is 0 Å². The minimum atomic E-state index is 0.0723. The molecule has 0 aliphatic carbocycles. The van der Waals surface area contributed by atoms with Gasteiger partial charge in [0.2, 0.25) is 5.91 Å². The standard InChI is InChI=1S/C17H21N3OS/c1-11(14-8-18-9-14)16(21)19-10-15-12(2)20-17(22-15)13-6-4-3-5-7-13/h3-7,11,14,18H,8-10H2,1-2H3,(H,19,21). The summed E-state index contributed by atoms with van der Waals surface area (Å²) in [7, 11) is 0. The van der Waals surface area contributed by atoms with Gasteiger partial charge in [0.25, 0.3) is 0 Å². The van der Waals surface area contributed by atoms with Gasteiger partial charge < -0.3 is 10.6 Å². The number of carbonyl (C=O) groups is 1. The molecule has 1 aromatic heterocycles. The molecule has 1 amide bonds. The second-order valence-corrected chi connectivity index (χ2v) is 6.90. The molecule has 1 aliphatic heterocycles. The molecule has 0 saturated carbocycles. The van der Waals surface area contributed by atoms with Gasteiger partial charge in [-0.25, -0.2) is 4.98 Å². The fourth-order valence-electron chi connectivity index (χ4n) is 2.50. The summed E-state index contributed by atoms with van der Waals surface area (Å²) >= 11 is 1.66. The van der Waals surface area contributed by atoms with Crippen LogP contribution in [0.1, 0.15) is 17.5 Å². The van der Waals surface area contributed by atoms with Gasteiger partial charge in [0.05, 0.1) is 12.2 Å². The molecule has 1 aromatic carbocycles. The Labute approximate surface area is 135 Å². The lowest BCUT2D eigenvalue weighted by Gasteiger charge is -2.31. The first-order chi connectivity index (χ1) is 10.6. The second kappa shape index (κ2) is 6.58. The first-order valence-corrected chi connectivity index (χ1v) is 8.47. The predicted octanol–water partition coefficient (Wildman–Crippen LogP) is 2.59. The molecule has 0 radical (unpaired) electrons. The zero-order valence-electron chi connectivity index (χ0n) is 12.9. The van der Waals surface area contributed by atoms with E-state index in [-0.39, 0.29) is 11.8 Å². The monoisotopic (exact) mass is 315 g/mol. The van der Waals surface area contributed by atoms with E-state index >= 15 is 0 Å². The summed E-state index contributed by atoms with van der Waals surface area (Å²) in [6, 6.07) is 10.2. The van der Waals surface area contributed by atoms with Crippen molar-refractivity contribution in [3.63, 3.8) is 0 Å². The van der Waals surface area contributed by atoms with E-state index < -0.39 is 0 Å². The largest absolute Gasteiger partial charge is 0.351 e. The van der Waals surface area contributed by atoms with E-state index in [1.807, 2.05) is 32.0 Å². The Hall–Kier alpha value is -1.72. The molecule has 1 atom stereocenters. The minimum Gasteiger partial charge on any atom is -0.351 e. The molecule has 5 heteroatoms. The van der Waals surface area contributed by atoms with Crippen LogP contribution >= 0.6 is 11.3 Å². The maximum atomic E-state index is 12.2. The molecular weight excluding hydrogens is 294 g/mol. The smallest absolute Gasteiger partial charge is 0.223 e. The normalized spacial score (nSPS) is 16.1. The maximum Gasteiger partial charge on any atom is 0.223 e. The van der Waals surface area contributed by atoms with Gasteiger partial charge in [0, 0.05) is 16.4 Å². The Morgan fingerprint density at radius 2 is 2.14 bits per heavy atom. The third-order valence-corrected chi connectivity index (χ3v) is 5.48. The van der Waals surface area contributed by atoms with Gasteiger partial charge in [0.1, 0.15) is 5.01 Å². The highest BCUT2D eigenvalue weighted by Gasteiger charge is 2.28. The molecule has 2 N–H and O–H groups in total. The number of nitrogens with one attached hydrogen (secondary N) is 2. The van der Waals surface area contributed by atoms with E-state index in [0.29, 0.717) is 12.5 Å². The van der Waals surface area contributed by atoms with Crippen LogP contribution in [0.2, 0.25) is 0 Å². The van der Waals surface area contributed by atoms with Crippen LogP contribution in [-0.4, -0.2) is 24.0 Å². The van der Waals surface area contributed by atoms with Crippen LogP contribution in [0.3, 0.4) is 0 Å².